The van der Waals surface area contributed by atoms with E-state index in [0.29, 0.717) is 11.4 Å². The van der Waals surface area contributed by atoms with Crippen LogP contribution in [0.15, 0.2) is 107 Å². The molecule has 4 rings (SSSR count). The average molecular weight is 497 g/mol. The van der Waals surface area contributed by atoms with Crippen LogP contribution in [0.4, 0.5) is 0 Å². The van der Waals surface area contributed by atoms with Crippen LogP contribution in [-0.2, 0) is 24.8 Å². The van der Waals surface area contributed by atoms with Crippen molar-refractivity contribution in [1.29, 1.82) is 0 Å². The first kappa shape index (κ1) is 23.7. The Morgan fingerprint density at radius 1 is 0.588 bits per heavy atom. The molecule has 0 saturated heterocycles. The standard InChI is InChI=1S/C25H24N2O5S2/c1-19(23-15-9-17-26(23)33(29,30)21-11-5-3-6-12-21)25(28)20(2)24-16-10-18-27(24)34(31,32)22-13-7-4-8-14-22/h3-20H,1-2H3. The third-order valence-electron chi connectivity index (χ3n) is 5.83. The van der Waals surface area contributed by atoms with Gasteiger partial charge in [0, 0.05) is 23.8 Å². The van der Waals surface area contributed by atoms with Crippen LogP contribution in [0.25, 0.3) is 0 Å². The van der Waals surface area contributed by atoms with Crippen LogP contribution in [0.3, 0.4) is 0 Å². The van der Waals surface area contributed by atoms with E-state index in [1.165, 1.54) is 36.7 Å². The van der Waals surface area contributed by atoms with Gasteiger partial charge in [-0.25, -0.2) is 24.8 Å². The number of carbonyl (C=O) groups excluding carboxylic acids is 1. The lowest BCUT2D eigenvalue weighted by atomic mass is 9.91. The van der Waals surface area contributed by atoms with Crippen molar-refractivity contribution in [3.8, 4) is 0 Å². The van der Waals surface area contributed by atoms with Gasteiger partial charge in [-0.2, -0.15) is 0 Å². The molecular formula is C25H24N2O5S2. The first-order chi connectivity index (χ1) is 16.2. The van der Waals surface area contributed by atoms with Gasteiger partial charge >= 0.3 is 0 Å². The van der Waals surface area contributed by atoms with Crippen LogP contribution in [0.5, 0.6) is 0 Å². The molecule has 0 N–H and O–H groups in total. The van der Waals surface area contributed by atoms with Gasteiger partial charge in [0.2, 0.25) is 0 Å². The van der Waals surface area contributed by atoms with Gasteiger partial charge < -0.3 is 0 Å². The molecule has 0 aliphatic rings. The summed E-state index contributed by atoms with van der Waals surface area (Å²) >= 11 is 0. The van der Waals surface area contributed by atoms with Gasteiger partial charge in [-0.15, -0.1) is 0 Å². The van der Waals surface area contributed by atoms with Gasteiger partial charge in [0.1, 0.15) is 5.78 Å². The third-order valence-corrected chi connectivity index (χ3v) is 9.26. The van der Waals surface area contributed by atoms with Gasteiger partial charge in [0.25, 0.3) is 20.0 Å². The molecule has 0 radical (unpaired) electrons. The van der Waals surface area contributed by atoms with Gasteiger partial charge in [0.05, 0.1) is 21.6 Å². The van der Waals surface area contributed by atoms with E-state index in [1.807, 2.05) is 0 Å². The van der Waals surface area contributed by atoms with E-state index in [1.54, 1.807) is 74.5 Å². The first-order valence-electron chi connectivity index (χ1n) is 10.6. The van der Waals surface area contributed by atoms with E-state index in [9.17, 15) is 21.6 Å². The average Bonchev–Trinajstić information content (AvgIpc) is 3.54. The predicted molar refractivity (Wildman–Crippen MR) is 129 cm³/mol. The Bertz CT molecular complexity index is 1400. The van der Waals surface area contributed by atoms with E-state index in [4.69, 9.17) is 0 Å². The highest BCUT2D eigenvalue weighted by molar-refractivity contribution is 7.90. The van der Waals surface area contributed by atoms with Crippen molar-refractivity contribution in [1.82, 2.24) is 7.94 Å². The molecule has 0 bridgehead atoms. The number of ketones is 1. The summed E-state index contributed by atoms with van der Waals surface area (Å²) in [4.78, 5) is 13.7. The predicted octanol–water partition coefficient (Wildman–Crippen LogP) is 4.24. The Balaban J connectivity index is 1.67. The maximum atomic E-state index is 13.5. The normalized spacial score (nSPS) is 13.9. The highest BCUT2D eigenvalue weighted by Gasteiger charge is 2.31. The number of nitrogens with zero attached hydrogens (tertiary/aromatic N) is 2. The Labute approximate surface area is 199 Å². The summed E-state index contributed by atoms with van der Waals surface area (Å²) in [6.45, 7) is 3.26. The van der Waals surface area contributed by atoms with E-state index < -0.39 is 31.9 Å². The summed E-state index contributed by atoms with van der Waals surface area (Å²) < 4.78 is 54.8. The number of rotatable bonds is 8. The lowest BCUT2D eigenvalue weighted by molar-refractivity contribution is -0.121. The maximum absolute atomic E-state index is 13.5. The van der Waals surface area contributed by atoms with Crippen LogP contribution in [0.1, 0.15) is 37.1 Å². The molecule has 176 valence electrons. The van der Waals surface area contributed by atoms with Gasteiger partial charge in [-0.05, 0) is 62.4 Å². The van der Waals surface area contributed by atoms with Crippen LogP contribution in [0, 0.1) is 0 Å². The molecule has 0 spiro atoms. The van der Waals surface area contributed by atoms with Crippen molar-refractivity contribution in [3.05, 3.63) is 109 Å². The highest BCUT2D eigenvalue weighted by Crippen LogP contribution is 2.30. The van der Waals surface area contributed by atoms with Crippen molar-refractivity contribution < 1.29 is 21.6 Å². The first-order valence-corrected chi connectivity index (χ1v) is 13.5. The van der Waals surface area contributed by atoms with Gasteiger partial charge in [-0.3, -0.25) is 4.79 Å². The number of benzene rings is 2. The van der Waals surface area contributed by atoms with Crippen molar-refractivity contribution in [3.63, 3.8) is 0 Å². The molecule has 2 aromatic heterocycles. The summed E-state index contributed by atoms with van der Waals surface area (Å²) in [5, 5.41) is 0. The molecule has 34 heavy (non-hydrogen) atoms. The van der Waals surface area contributed by atoms with Crippen molar-refractivity contribution in [2.24, 2.45) is 0 Å². The van der Waals surface area contributed by atoms with E-state index in [0.717, 1.165) is 7.94 Å². The second kappa shape index (κ2) is 9.08. The van der Waals surface area contributed by atoms with Crippen molar-refractivity contribution in [2.75, 3.05) is 0 Å². The topological polar surface area (TPSA) is 95.2 Å². The van der Waals surface area contributed by atoms with Crippen LogP contribution < -0.4 is 0 Å². The number of carbonyl (C=O) groups is 1. The molecule has 0 saturated carbocycles. The molecule has 0 aliphatic heterocycles. The molecule has 7 nitrogen and oxygen atoms in total. The van der Waals surface area contributed by atoms with E-state index in [2.05, 4.69) is 0 Å². The highest BCUT2D eigenvalue weighted by atomic mass is 32.2. The zero-order valence-electron chi connectivity index (χ0n) is 18.6. The summed E-state index contributed by atoms with van der Waals surface area (Å²) in [5.74, 6) is -1.90. The quantitative estimate of drug-likeness (QED) is 0.364. The molecule has 0 amide bonds. The minimum atomic E-state index is -3.89. The minimum Gasteiger partial charge on any atom is -0.298 e. The lowest BCUT2D eigenvalue weighted by Gasteiger charge is -2.20. The Kier molecular flexibility index (Phi) is 6.33. The summed E-state index contributed by atoms with van der Waals surface area (Å²) in [5.41, 5.74) is 0.620. The molecule has 0 aliphatic carbocycles. The van der Waals surface area contributed by atoms with Crippen LogP contribution in [0.2, 0.25) is 0 Å². The minimum absolute atomic E-state index is 0.114. The largest absolute Gasteiger partial charge is 0.298 e. The Morgan fingerprint density at radius 3 is 1.29 bits per heavy atom. The number of Topliss-reactive ketones (excluding diaryl/α,β-unsaturated/α-hetero) is 1. The molecule has 2 aromatic carbocycles. The molecule has 4 aromatic rings. The van der Waals surface area contributed by atoms with Gasteiger partial charge in [-0.1, -0.05) is 36.4 Å². The molecule has 2 heterocycles. The fraction of sp³-hybridized carbons (Fsp3) is 0.160. The second-order valence-electron chi connectivity index (χ2n) is 7.94. The van der Waals surface area contributed by atoms with E-state index >= 15 is 0 Å². The molecule has 2 atom stereocenters. The van der Waals surface area contributed by atoms with Crippen LogP contribution >= 0.6 is 0 Å². The maximum Gasteiger partial charge on any atom is 0.267 e. The number of hydrogen-bond donors (Lipinski definition) is 0. The Hall–Kier alpha value is -3.43. The molecular weight excluding hydrogens is 472 g/mol. The third kappa shape index (κ3) is 4.12. The SMILES string of the molecule is CC(C(=O)C(C)c1cccn1S(=O)(=O)c1ccccc1)c1cccn1S(=O)(=O)c1ccccc1. The zero-order chi connectivity index (χ0) is 24.5. The monoisotopic (exact) mass is 496 g/mol. The second-order valence-corrected chi connectivity index (χ2v) is 11.6. The molecule has 0 fully saturated rings. The molecule has 9 heteroatoms. The van der Waals surface area contributed by atoms with Gasteiger partial charge in [0.15, 0.2) is 0 Å². The summed E-state index contributed by atoms with van der Waals surface area (Å²) in [6.07, 6.45) is 2.82. The summed E-state index contributed by atoms with van der Waals surface area (Å²) in [7, 11) is -7.78. The fourth-order valence-corrected chi connectivity index (χ4v) is 6.86. The fourth-order valence-electron chi connectivity index (χ4n) is 3.95. The zero-order valence-corrected chi connectivity index (χ0v) is 20.3. The number of hydrogen-bond acceptors (Lipinski definition) is 5. The Morgan fingerprint density at radius 2 is 0.941 bits per heavy atom. The molecule has 2 unspecified atom stereocenters. The van der Waals surface area contributed by atoms with Crippen molar-refractivity contribution >= 4 is 25.8 Å². The lowest BCUT2D eigenvalue weighted by Crippen LogP contribution is -2.25. The van der Waals surface area contributed by atoms with Crippen molar-refractivity contribution in [2.45, 2.75) is 35.5 Å². The van der Waals surface area contributed by atoms with E-state index in [-0.39, 0.29) is 15.6 Å². The van der Waals surface area contributed by atoms with Crippen LogP contribution in [-0.4, -0.2) is 30.6 Å². The smallest absolute Gasteiger partial charge is 0.267 e. The number of aromatic nitrogens is 2. The summed E-state index contributed by atoms with van der Waals surface area (Å²) in [6, 6.07) is 22.3.